The van der Waals surface area contributed by atoms with E-state index in [9.17, 15) is 4.79 Å². The molecule has 2 aromatic heterocycles. The molecule has 8 heteroatoms. The van der Waals surface area contributed by atoms with E-state index >= 15 is 0 Å². The van der Waals surface area contributed by atoms with Gasteiger partial charge in [-0.05, 0) is 40.7 Å². The minimum Gasteiger partial charge on any atom is -0.353 e. The number of carbonyl (C=O) groups is 1. The van der Waals surface area contributed by atoms with E-state index in [2.05, 4.69) is 56.3 Å². The molecule has 0 aliphatic carbocycles. The molecule has 1 atom stereocenters. The number of nitrogens with zero attached hydrogens (tertiary/aromatic N) is 5. The second-order valence-electron chi connectivity index (χ2n) is 6.11. The van der Waals surface area contributed by atoms with Gasteiger partial charge in [0.1, 0.15) is 6.54 Å². The van der Waals surface area contributed by atoms with Crippen LogP contribution in [0.2, 0.25) is 0 Å². The molecule has 7 nitrogen and oxygen atoms in total. The van der Waals surface area contributed by atoms with E-state index < -0.39 is 0 Å². The molecule has 1 N–H and O–H groups in total. The van der Waals surface area contributed by atoms with Gasteiger partial charge in [-0.25, -0.2) is 0 Å². The van der Waals surface area contributed by atoms with Crippen molar-refractivity contribution >= 4 is 17.2 Å². The van der Waals surface area contributed by atoms with Crippen LogP contribution in [0.4, 0.5) is 0 Å². The van der Waals surface area contributed by atoms with Crippen LogP contribution in [-0.2, 0) is 11.3 Å². The third-order valence-corrected chi connectivity index (χ3v) is 5.14. The zero-order valence-electron chi connectivity index (χ0n) is 15.6. The zero-order chi connectivity index (χ0) is 19.1. The molecule has 0 saturated heterocycles. The van der Waals surface area contributed by atoms with E-state index in [1.165, 1.54) is 10.4 Å². The van der Waals surface area contributed by atoms with Gasteiger partial charge in [-0.1, -0.05) is 44.2 Å². The van der Waals surface area contributed by atoms with Crippen molar-refractivity contribution in [3.05, 3.63) is 52.7 Å². The highest BCUT2D eigenvalue weighted by Gasteiger charge is 2.19. The summed E-state index contributed by atoms with van der Waals surface area (Å²) in [4.78, 5) is 16.0. The average Bonchev–Trinajstić information content (AvgIpc) is 3.38. The second kappa shape index (κ2) is 9.38. The van der Waals surface area contributed by atoms with Gasteiger partial charge in [0.25, 0.3) is 0 Å². The van der Waals surface area contributed by atoms with Gasteiger partial charge in [0.2, 0.25) is 11.7 Å². The Balaban J connectivity index is 1.59. The topological polar surface area (TPSA) is 75.9 Å². The molecule has 0 radical (unpaired) electrons. The number of likely N-dealkylation sites (N-methyl/N-ethyl adjacent to an activating group) is 1. The number of carbonyl (C=O) groups excluding carboxylic acids is 1. The second-order valence-corrected chi connectivity index (χ2v) is 6.89. The van der Waals surface area contributed by atoms with Gasteiger partial charge in [-0.3, -0.25) is 9.69 Å². The first-order chi connectivity index (χ1) is 13.2. The smallest absolute Gasteiger partial charge is 0.243 e. The van der Waals surface area contributed by atoms with E-state index in [4.69, 9.17) is 0 Å². The molecule has 0 saturated carbocycles. The van der Waals surface area contributed by atoms with Crippen LogP contribution < -0.4 is 5.32 Å². The summed E-state index contributed by atoms with van der Waals surface area (Å²) in [6, 6.07) is 11.9. The van der Waals surface area contributed by atoms with E-state index in [1.54, 1.807) is 11.3 Å². The van der Waals surface area contributed by atoms with Crippen LogP contribution in [-0.4, -0.2) is 50.6 Å². The summed E-state index contributed by atoms with van der Waals surface area (Å²) in [6.45, 7) is 6.73. The Morgan fingerprint density at radius 3 is 2.67 bits per heavy atom. The fourth-order valence-electron chi connectivity index (χ4n) is 2.99. The van der Waals surface area contributed by atoms with Crippen molar-refractivity contribution in [3.63, 3.8) is 0 Å². The normalized spacial score (nSPS) is 12.3. The molecular formula is C19H24N6OS. The average molecular weight is 385 g/mol. The molecular weight excluding hydrogens is 360 g/mol. The standard InChI is InChI=1S/C19H24N6OS/c1-3-24(4-2)17(16-10-11-27-14-16)12-20-18(26)13-25-22-19(21-23-25)15-8-6-5-7-9-15/h5-11,14,17H,3-4,12-13H2,1-2H3,(H,20,26). The summed E-state index contributed by atoms with van der Waals surface area (Å²) >= 11 is 1.67. The summed E-state index contributed by atoms with van der Waals surface area (Å²) in [5.41, 5.74) is 2.11. The number of rotatable bonds is 9. The highest BCUT2D eigenvalue weighted by Crippen LogP contribution is 2.22. The molecule has 3 rings (SSSR count). The minimum atomic E-state index is -0.126. The Labute approximate surface area is 163 Å². The fraction of sp³-hybridized carbons (Fsp3) is 0.368. The molecule has 1 amide bonds. The van der Waals surface area contributed by atoms with Gasteiger partial charge in [0.15, 0.2) is 0 Å². The van der Waals surface area contributed by atoms with Crippen molar-refractivity contribution in [3.8, 4) is 11.4 Å². The highest BCUT2D eigenvalue weighted by atomic mass is 32.1. The number of aromatic nitrogens is 4. The van der Waals surface area contributed by atoms with Crippen LogP contribution in [0.15, 0.2) is 47.2 Å². The first-order valence-electron chi connectivity index (χ1n) is 9.07. The number of amides is 1. The fourth-order valence-corrected chi connectivity index (χ4v) is 3.70. The first-order valence-corrected chi connectivity index (χ1v) is 10.0. The molecule has 3 aromatic rings. The minimum absolute atomic E-state index is 0.0500. The highest BCUT2D eigenvalue weighted by molar-refractivity contribution is 7.07. The molecule has 2 heterocycles. The van der Waals surface area contributed by atoms with E-state index in [0.29, 0.717) is 12.4 Å². The van der Waals surface area contributed by atoms with Crippen molar-refractivity contribution in [2.75, 3.05) is 19.6 Å². The van der Waals surface area contributed by atoms with E-state index in [-0.39, 0.29) is 18.5 Å². The molecule has 0 aliphatic rings. The molecule has 0 spiro atoms. The summed E-state index contributed by atoms with van der Waals surface area (Å²) in [6.07, 6.45) is 0. The zero-order valence-corrected chi connectivity index (χ0v) is 16.4. The molecule has 0 bridgehead atoms. The van der Waals surface area contributed by atoms with Gasteiger partial charge in [0, 0.05) is 12.1 Å². The number of nitrogens with one attached hydrogen (secondary N) is 1. The van der Waals surface area contributed by atoms with Crippen molar-refractivity contribution in [2.24, 2.45) is 0 Å². The van der Waals surface area contributed by atoms with E-state index in [0.717, 1.165) is 18.7 Å². The van der Waals surface area contributed by atoms with Gasteiger partial charge in [-0.2, -0.15) is 16.1 Å². The first kappa shape index (κ1) is 19.2. The Morgan fingerprint density at radius 1 is 1.22 bits per heavy atom. The SMILES string of the molecule is CCN(CC)C(CNC(=O)Cn1nnc(-c2ccccc2)n1)c1ccsc1. The number of thiophene rings is 1. The van der Waals surface area contributed by atoms with Gasteiger partial charge in [-0.15, -0.1) is 10.2 Å². The Morgan fingerprint density at radius 2 is 2.00 bits per heavy atom. The van der Waals surface area contributed by atoms with Crippen molar-refractivity contribution in [2.45, 2.75) is 26.4 Å². The molecule has 0 aliphatic heterocycles. The van der Waals surface area contributed by atoms with Crippen molar-refractivity contribution in [1.82, 2.24) is 30.4 Å². The third kappa shape index (κ3) is 4.99. The van der Waals surface area contributed by atoms with Crippen LogP contribution in [0, 0.1) is 0 Å². The molecule has 0 fully saturated rings. The lowest BCUT2D eigenvalue weighted by Gasteiger charge is -2.29. The number of hydrogen-bond acceptors (Lipinski definition) is 6. The van der Waals surface area contributed by atoms with Crippen LogP contribution in [0.5, 0.6) is 0 Å². The van der Waals surface area contributed by atoms with Crippen LogP contribution in [0.1, 0.15) is 25.5 Å². The molecule has 142 valence electrons. The molecule has 1 unspecified atom stereocenters. The lowest BCUT2D eigenvalue weighted by Crippen LogP contribution is -2.39. The van der Waals surface area contributed by atoms with E-state index in [1.807, 2.05) is 30.3 Å². The van der Waals surface area contributed by atoms with Crippen LogP contribution in [0.25, 0.3) is 11.4 Å². The van der Waals surface area contributed by atoms with Gasteiger partial charge in [0.05, 0.1) is 6.04 Å². The number of benzene rings is 1. The Hall–Kier alpha value is -2.58. The Bertz CT molecular complexity index is 829. The predicted molar refractivity (Wildman–Crippen MR) is 106 cm³/mol. The maximum Gasteiger partial charge on any atom is 0.243 e. The lowest BCUT2D eigenvalue weighted by molar-refractivity contribution is -0.122. The number of hydrogen-bond donors (Lipinski definition) is 1. The van der Waals surface area contributed by atoms with Crippen molar-refractivity contribution < 1.29 is 4.79 Å². The summed E-state index contributed by atoms with van der Waals surface area (Å²) in [5, 5.41) is 19.5. The molecule has 27 heavy (non-hydrogen) atoms. The lowest BCUT2D eigenvalue weighted by atomic mass is 10.1. The molecule has 1 aromatic carbocycles. The monoisotopic (exact) mass is 384 g/mol. The largest absolute Gasteiger partial charge is 0.353 e. The van der Waals surface area contributed by atoms with Gasteiger partial charge >= 0.3 is 0 Å². The Kier molecular flexibility index (Phi) is 6.67. The number of tetrazole rings is 1. The quantitative estimate of drug-likeness (QED) is 0.614. The van der Waals surface area contributed by atoms with Gasteiger partial charge < -0.3 is 5.32 Å². The third-order valence-electron chi connectivity index (χ3n) is 4.44. The van der Waals surface area contributed by atoms with Crippen LogP contribution >= 0.6 is 11.3 Å². The maximum absolute atomic E-state index is 12.4. The van der Waals surface area contributed by atoms with Crippen LogP contribution in [0.3, 0.4) is 0 Å². The maximum atomic E-state index is 12.4. The van der Waals surface area contributed by atoms with Crippen molar-refractivity contribution in [1.29, 1.82) is 0 Å². The predicted octanol–water partition coefficient (Wildman–Crippen LogP) is 2.60. The summed E-state index contributed by atoms with van der Waals surface area (Å²) < 4.78 is 0. The summed E-state index contributed by atoms with van der Waals surface area (Å²) in [7, 11) is 0. The summed E-state index contributed by atoms with van der Waals surface area (Å²) in [5.74, 6) is 0.391.